The van der Waals surface area contributed by atoms with Crippen LogP contribution >= 0.6 is 0 Å². The van der Waals surface area contributed by atoms with Crippen LogP contribution in [0.5, 0.6) is 0 Å². The maximum atomic E-state index is 13.4. The number of hydrogen-bond donors (Lipinski definition) is 13. The first-order chi connectivity index (χ1) is 39.7. The number of aliphatic hydroxyl groups excluding tert-OH is 12. The van der Waals surface area contributed by atoms with Crippen LogP contribution in [0.2, 0.25) is 0 Å². The SMILES string of the molecule is CC=C(C)C(=O)OC1C(O)C2(COC(C)=O)C(O)CC3(C)C(=CCC4C5(C)CCC(OC6OC(C(=O)O)C(O)C(OC7OCC(O)C(O)C7OC7OCC(O)C(O)C7O)C6OC6OC(CO)C(O)C(O)C6O)C(C)(C)C5CCC43C)C2CC1(C)C. The molecule has 26 heteroatoms. The van der Waals surface area contributed by atoms with Gasteiger partial charge in [-0.2, -0.15) is 0 Å². The van der Waals surface area contributed by atoms with Gasteiger partial charge in [-0.05, 0) is 98.2 Å². The van der Waals surface area contributed by atoms with Gasteiger partial charge in [-0.3, -0.25) is 4.79 Å². The minimum atomic E-state index is -2.21. The number of esters is 2. The Bertz CT molecular complexity index is 2490. The zero-order chi connectivity index (χ0) is 62.6. The Morgan fingerprint density at radius 3 is 1.93 bits per heavy atom. The van der Waals surface area contributed by atoms with Gasteiger partial charge in [-0.25, -0.2) is 9.59 Å². The first-order valence-corrected chi connectivity index (χ1v) is 29.8. The zero-order valence-corrected chi connectivity index (χ0v) is 50.0. The number of carbonyl (C=O) groups is 3. The monoisotopic (exact) mass is 1220 g/mol. The van der Waals surface area contributed by atoms with Crippen molar-refractivity contribution in [3.63, 3.8) is 0 Å². The number of aliphatic hydroxyl groups is 12. The second-order valence-electron chi connectivity index (χ2n) is 27.6. The quantitative estimate of drug-likeness (QED) is 0.0421. The van der Waals surface area contributed by atoms with Gasteiger partial charge >= 0.3 is 17.9 Å². The van der Waals surface area contributed by atoms with E-state index in [1.165, 1.54) is 6.92 Å². The number of carboxylic acids is 1. The van der Waals surface area contributed by atoms with Gasteiger partial charge in [0.15, 0.2) is 31.3 Å². The molecule has 9 rings (SSSR count). The number of carbonyl (C=O) groups excluding carboxylic acids is 2. The van der Waals surface area contributed by atoms with Gasteiger partial charge in [0.2, 0.25) is 0 Å². The van der Waals surface area contributed by atoms with Crippen LogP contribution < -0.4 is 0 Å². The minimum absolute atomic E-state index is 0.00886. The molecule has 484 valence electrons. The van der Waals surface area contributed by atoms with E-state index in [1.807, 2.05) is 27.7 Å². The van der Waals surface area contributed by atoms with Crippen molar-refractivity contribution in [1.82, 2.24) is 0 Å². The standard InChI is InChI=1S/C59H92O26/c1-11-24(2)49(75)85-47-46(72)59(23-78-25(3)61)27(18-54(47,4)5)26-12-13-32-56(8)16-15-34(55(6,7)31(56)14-17-57(32,9)58(26,10)19-33(59)64)80-53-45(84-51-40(70)38(68)37(67)30(20-60)79-51)42(41(71)43(82-53)48(73)74)81-52-44(36(66)29(63)22-77-52)83-50-39(69)35(65)28(62)21-76-50/h11-12,27-47,50-53,60,62-72H,13-23H2,1-10H3,(H,73,74). The molecule has 4 saturated heterocycles. The van der Waals surface area contributed by atoms with E-state index in [0.29, 0.717) is 44.1 Å². The molecule has 0 amide bonds. The molecule has 29 atom stereocenters. The predicted octanol–water partition coefficient (Wildman–Crippen LogP) is -1.19. The zero-order valence-electron chi connectivity index (χ0n) is 50.0. The number of carboxylic acid groups (broad SMARTS) is 1. The summed E-state index contributed by atoms with van der Waals surface area (Å²) >= 11 is 0. The molecule has 4 heterocycles. The highest BCUT2D eigenvalue weighted by molar-refractivity contribution is 5.87. The molecule has 5 aliphatic carbocycles. The van der Waals surface area contributed by atoms with Gasteiger partial charge < -0.3 is 114 Å². The number of fused-ring (bicyclic) bond motifs is 7. The van der Waals surface area contributed by atoms with E-state index < -0.39 is 211 Å². The van der Waals surface area contributed by atoms with Crippen LogP contribution in [-0.2, 0) is 61.8 Å². The third kappa shape index (κ3) is 11.2. The van der Waals surface area contributed by atoms with Crippen molar-refractivity contribution in [3.05, 3.63) is 23.3 Å². The Hall–Kier alpha value is -2.91. The topological polar surface area (TPSA) is 407 Å². The van der Waals surface area contributed by atoms with E-state index in [1.54, 1.807) is 19.9 Å². The fourth-order valence-corrected chi connectivity index (χ4v) is 17.0. The smallest absolute Gasteiger partial charge is 0.335 e. The summed E-state index contributed by atoms with van der Waals surface area (Å²) in [5.41, 5.74) is -3.17. The number of hydrogen-bond acceptors (Lipinski definition) is 25. The van der Waals surface area contributed by atoms with Crippen LogP contribution in [-0.4, -0.2) is 246 Å². The second kappa shape index (κ2) is 24.4. The van der Waals surface area contributed by atoms with Crippen LogP contribution in [0.15, 0.2) is 23.3 Å². The average Bonchev–Trinajstić information content (AvgIpc) is 0.706. The first-order valence-electron chi connectivity index (χ1n) is 29.8. The van der Waals surface area contributed by atoms with Crippen molar-refractivity contribution in [1.29, 1.82) is 0 Å². The summed E-state index contributed by atoms with van der Waals surface area (Å²) in [6.45, 7) is 16.9. The molecule has 4 saturated carbocycles. The van der Waals surface area contributed by atoms with Crippen molar-refractivity contribution < 1.29 is 128 Å². The number of rotatable bonds is 14. The molecule has 0 aromatic carbocycles. The summed E-state index contributed by atoms with van der Waals surface area (Å²) in [6.07, 6.45) is -30.8. The molecule has 4 aliphatic heterocycles. The molecule has 0 aromatic rings. The second-order valence-corrected chi connectivity index (χ2v) is 27.6. The fourth-order valence-electron chi connectivity index (χ4n) is 17.0. The molecule has 0 spiro atoms. The molecule has 9 aliphatic rings. The van der Waals surface area contributed by atoms with Gasteiger partial charge in [0.05, 0.1) is 37.4 Å². The molecule has 0 aromatic heterocycles. The first kappa shape index (κ1) is 66.5. The Balaban J connectivity index is 1.03. The number of ether oxygens (including phenoxy) is 10. The molecule has 0 bridgehead atoms. The van der Waals surface area contributed by atoms with Crippen molar-refractivity contribution in [2.24, 2.45) is 50.2 Å². The van der Waals surface area contributed by atoms with Crippen LogP contribution in [0.3, 0.4) is 0 Å². The molecule has 85 heavy (non-hydrogen) atoms. The molecule has 8 fully saturated rings. The van der Waals surface area contributed by atoms with Gasteiger partial charge in [0, 0.05) is 17.9 Å². The highest BCUT2D eigenvalue weighted by Crippen LogP contribution is 2.76. The summed E-state index contributed by atoms with van der Waals surface area (Å²) in [4.78, 5) is 39.1. The van der Waals surface area contributed by atoms with E-state index >= 15 is 0 Å². The lowest BCUT2D eigenvalue weighted by Gasteiger charge is -2.72. The van der Waals surface area contributed by atoms with Crippen molar-refractivity contribution in [3.8, 4) is 0 Å². The maximum absolute atomic E-state index is 13.4. The average molecular weight is 1220 g/mol. The maximum Gasteiger partial charge on any atom is 0.335 e. The normalized spacial score (nSPS) is 50.5. The summed E-state index contributed by atoms with van der Waals surface area (Å²) in [5, 5.41) is 145. The van der Waals surface area contributed by atoms with Gasteiger partial charge in [-0.1, -0.05) is 66.2 Å². The summed E-state index contributed by atoms with van der Waals surface area (Å²) in [7, 11) is 0. The lowest BCUT2D eigenvalue weighted by atomic mass is 9.33. The third-order valence-electron chi connectivity index (χ3n) is 22.2. The molecule has 29 unspecified atom stereocenters. The van der Waals surface area contributed by atoms with E-state index in [4.69, 9.17) is 47.4 Å². The third-order valence-corrected chi connectivity index (χ3v) is 22.2. The van der Waals surface area contributed by atoms with Crippen molar-refractivity contribution >= 4 is 17.9 Å². The van der Waals surface area contributed by atoms with Crippen LogP contribution in [0.4, 0.5) is 0 Å². The predicted molar refractivity (Wildman–Crippen MR) is 288 cm³/mol. The Morgan fingerprint density at radius 2 is 1.29 bits per heavy atom. The van der Waals surface area contributed by atoms with Crippen LogP contribution in [0, 0.1) is 50.2 Å². The highest BCUT2D eigenvalue weighted by atomic mass is 16.8. The van der Waals surface area contributed by atoms with Gasteiger partial charge in [0.25, 0.3) is 0 Å². The van der Waals surface area contributed by atoms with E-state index in [-0.39, 0.29) is 24.9 Å². The Morgan fingerprint density at radius 1 is 0.671 bits per heavy atom. The summed E-state index contributed by atoms with van der Waals surface area (Å²) < 4.78 is 60.4. The summed E-state index contributed by atoms with van der Waals surface area (Å²) in [5.74, 6) is -3.49. The van der Waals surface area contributed by atoms with Crippen LogP contribution in [0.25, 0.3) is 0 Å². The lowest BCUT2D eigenvalue weighted by Crippen LogP contribution is -2.72. The largest absolute Gasteiger partial charge is 0.479 e. The van der Waals surface area contributed by atoms with E-state index in [2.05, 4.69) is 26.8 Å². The van der Waals surface area contributed by atoms with Crippen molar-refractivity contribution in [2.45, 2.75) is 249 Å². The molecular formula is C59H92O26. The highest BCUT2D eigenvalue weighted by Gasteiger charge is 2.73. The van der Waals surface area contributed by atoms with E-state index in [0.717, 1.165) is 5.57 Å². The summed E-state index contributed by atoms with van der Waals surface area (Å²) in [6, 6.07) is 0. The molecular weight excluding hydrogens is 1120 g/mol. The molecule has 13 N–H and O–H groups in total. The van der Waals surface area contributed by atoms with E-state index in [9.17, 15) is 80.8 Å². The number of aliphatic carboxylic acids is 1. The number of allylic oxidation sites excluding steroid dienone is 3. The fraction of sp³-hybridized carbons (Fsp3) is 0.881. The minimum Gasteiger partial charge on any atom is -0.479 e. The molecule has 0 radical (unpaired) electrons. The Labute approximate surface area is 493 Å². The van der Waals surface area contributed by atoms with Crippen molar-refractivity contribution in [2.75, 3.05) is 26.4 Å². The molecule has 26 nitrogen and oxygen atoms in total. The van der Waals surface area contributed by atoms with Gasteiger partial charge in [0.1, 0.15) is 98.2 Å². The van der Waals surface area contributed by atoms with Crippen LogP contribution in [0.1, 0.15) is 114 Å². The van der Waals surface area contributed by atoms with Gasteiger partial charge in [-0.15, -0.1) is 0 Å². The Kier molecular flexibility index (Phi) is 19.1. The lowest BCUT2D eigenvalue weighted by molar-refractivity contribution is -0.399.